The van der Waals surface area contributed by atoms with E-state index in [0.29, 0.717) is 23.6 Å². The van der Waals surface area contributed by atoms with Gasteiger partial charge in [-0.3, -0.25) is 4.79 Å². The smallest absolute Gasteiger partial charge is 0.251 e. The number of nitrogens with one attached hydrogen (secondary N) is 2. The van der Waals surface area contributed by atoms with E-state index in [0.717, 1.165) is 32.4 Å². The van der Waals surface area contributed by atoms with E-state index in [1.165, 1.54) is 16.8 Å². The first-order valence-electron chi connectivity index (χ1n) is 10.2. The van der Waals surface area contributed by atoms with Crippen LogP contribution in [0.2, 0.25) is 0 Å². The first-order chi connectivity index (χ1) is 14.3. The predicted octanol–water partition coefficient (Wildman–Crippen LogP) is 2.84. The number of hydrogen-bond acceptors (Lipinski definition) is 5. The van der Waals surface area contributed by atoms with Gasteiger partial charge in [0.05, 0.1) is 0 Å². The minimum Gasteiger partial charge on any atom is -0.454 e. The Morgan fingerprint density at radius 3 is 2.93 bits per heavy atom. The molecular weight excluding hydrogens is 366 g/mol. The van der Waals surface area contributed by atoms with Crippen molar-refractivity contribution in [3.05, 3.63) is 65.4 Å². The Hall–Kier alpha value is -3.15. The summed E-state index contributed by atoms with van der Waals surface area (Å²) in [5, 5.41) is 6.49. The van der Waals surface area contributed by atoms with Crippen LogP contribution in [0.15, 0.2) is 54.2 Å². The largest absolute Gasteiger partial charge is 0.454 e. The number of carbonyl (C=O) groups is 1. The van der Waals surface area contributed by atoms with Gasteiger partial charge in [-0.05, 0) is 60.9 Å². The van der Waals surface area contributed by atoms with Crippen molar-refractivity contribution in [2.45, 2.75) is 25.3 Å². The van der Waals surface area contributed by atoms with Crippen LogP contribution in [0, 0.1) is 0 Å². The number of nitrogens with zero attached hydrogens (tertiary/aromatic N) is 1. The number of carbonyl (C=O) groups excluding carboxylic acids is 1. The number of fused-ring (bicyclic) bond motifs is 2. The molecule has 29 heavy (non-hydrogen) atoms. The monoisotopic (exact) mass is 391 g/mol. The molecule has 2 N–H and O–H groups in total. The van der Waals surface area contributed by atoms with Gasteiger partial charge in [-0.2, -0.15) is 0 Å². The van der Waals surface area contributed by atoms with Crippen LogP contribution in [0.5, 0.6) is 11.5 Å². The summed E-state index contributed by atoms with van der Waals surface area (Å²) < 4.78 is 10.6. The normalized spacial score (nSPS) is 19.4. The highest BCUT2D eigenvalue weighted by atomic mass is 16.7. The van der Waals surface area contributed by atoms with Crippen LogP contribution in [0.3, 0.4) is 0 Å². The highest BCUT2D eigenvalue weighted by molar-refractivity contribution is 5.94. The first-order valence-corrected chi connectivity index (χ1v) is 10.2. The molecule has 0 spiro atoms. The Kier molecular flexibility index (Phi) is 4.76. The van der Waals surface area contributed by atoms with Crippen molar-refractivity contribution in [1.82, 2.24) is 10.6 Å². The average Bonchev–Trinajstić information content (AvgIpc) is 3.39. The topological polar surface area (TPSA) is 62.8 Å². The fourth-order valence-electron chi connectivity index (χ4n) is 4.21. The molecule has 2 aromatic rings. The van der Waals surface area contributed by atoms with Crippen molar-refractivity contribution in [3.8, 4) is 11.5 Å². The summed E-state index contributed by atoms with van der Waals surface area (Å²) >= 11 is 0. The third-order valence-corrected chi connectivity index (χ3v) is 5.86. The molecule has 1 atom stereocenters. The van der Waals surface area contributed by atoms with Gasteiger partial charge in [-0.25, -0.2) is 0 Å². The third-order valence-electron chi connectivity index (χ3n) is 5.86. The van der Waals surface area contributed by atoms with Crippen molar-refractivity contribution in [1.29, 1.82) is 0 Å². The van der Waals surface area contributed by atoms with E-state index in [1.54, 1.807) is 18.2 Å². The van der Waals surface area contributed by atoms with Crippen LogP contribution in [-0.4, -0.2) is 38.4 Å². The van der Waals surface area contributed by atoms with Gasteiger partial charge in [-0.15, -0.1) is 0 Å². The summed E-state index contributed by atoms with van der Waals surface area (Å²) in [5.41, 5.74) is 4.82. The zero-order valence-corrected chi connectivity index (χ0v) is 16.3. The fourth-order valence-corrected chi connectivity index (χ4v) is 4.21. The number of rotatable bonds is 5. The predicted molar refractivity (Wildman–Crippen MR) is 111 cm³/mol. The molecule has 6 nitrogen and oxygen atoms in total. The Labute approximate surface area is 170 Å². The lowest BCUT2D eigenvalue weighted by molar-refractivity contribution is 0.0949. The number of benzene rings is 2. The highest BCUT2D eigenvalue weighted by Gasteiger charge is 2.22. The van der Waals surface area contributed by atoms with Crippen LogP contribution in [-0.2, 0) is 6.42 Å². The van der Waals surface area contributed by atoms with Gasteiger partial charge < -0.3 is 25.0 Å². The van der Waals surface area contributed by atoms with Crippen LogP contribution >= 0.6 is 0 Å². The van der Waals surface area contributed by atoms with E-state index in [-0.39, 0.29) is 18.7 Å². The Bertz CT molecular complexity index is 956. The maximum Gasteiger partial charge on any atom is 0.251 e. The molecule has 3 heterocycles. The van der Waals surface area contributed by atoms with E-state index in [2.05, 4.69) is 46.0 Å². The summed E-state index contributed by atoms with van der Waals surface area (Å²) in [4.78, 5) is 14.9. The molecule has 0 aromatic heterocycles. The van der Waals surface area contributed by atoms with Gasteiger partial charge in [0.2, 0.25) is 6.79 Å². The van der Waals surface area contributed by atoms with Crippen molar-refractivity contribution >= 4 is 11.6 Å². The molecule has 1 unspecified atom stereocenters. The van der Waals surface area contributed by atoms with Crippen LogP contribution in [0.4, 0.5) is 5.69 Å². The lowest BCUT2D eigenvalue weighted by Crippen LogP contribution is -2.41. The summed E-state index contributed by atoms with van der Waals surface area (Å²) in [6.07, 6.45) is 5.34. The highest BCUT2D eigenvalue weighted by Crippen LogP contribution is 2.32. The molecule has 0 aliphatic carbocycles. The van der Waals surface area contributed by atoms with E-state index >= 15 is 0 Å². The van der Waals surface area contributed by atoms with Crippen molar-refractivity contribution in [2.75, 3.05) is 31.3 Å². The molecule has 3 aliphatic heterocycles. The lowest BCUT2D eigenvalue weighted by Gasteiger charge is -2.27. The number of hydrogen-bond donors (Lipinski definition) is 2. The van der Waals surface area contributed by atoms with E-state index in [1.807, 2.05) is 0 Å². The van der Waals surface area contributed by atoms with E-state index in [9.17, 15) is 4.79 Å². The van der Waals surface area contributed by atoms with Crippen molar-refractivity contribution in [2.24, 2.45) is 0 Å². The SMILES string of the molecule is O=C(NCC1CCC(CN2CCc3ccccc32)=CN1)c1ccc2c(c1)OCO2. The minimum atomic E-state index is -0.0893. The second kappa shape index (κ2) is 7.70. The summed E-state index contributed by atoms with van der Waals surface area (Å²) in [6, 6.07) is 14.2. The Morgan fingerprint density at radius 2 is 2.03 bits per heavy atom. The number of anilines is 1. The lowest BCUT2D eigenvalue weighted by atomic mass is 10.0. The molecule has 2 aromatic carbocycles. The third kappa shape index (κ3) is 3.75. The quantitative estimate of drug-likeness (QED) is 0.821. The molecular formula is C23H25N3O3. The Morgan fingerprint density at radius 1 is 1.14 bits per heavy atom. The molecule has 1 amide bonds. The number of amides is 1. The summed E-state index contributed by atoms with van der Waals surface area (Å²) in [7, 11) is 0. The maximum atomic E-state index is 12.4. The van der Waals surface area contributed by atoms with Gasteiger partial charge in [-0.1, -0.05) is 18.2 Å². The second-order valence-electron chi connectivity index (χ2n) is 7.78. The molecule has 0 saturated carbocycles. The number of para-hydroxylation sites is 1. The minimum absolute atomic E-state index is 0.0893. The number of ether oxygens (including phenoxy) is 2. The molecule has 0 radical (unpaired) electrons. The van der Waals surface area contributed by atoms with Crippen molar-refractivity contribution in [3.63, 3.8) is 0 Å². The second-order valence-corrected chi connectivity index (χ2v) is 7.78. The molecule has 150 valence electrons. The Balaban J connectivity index is 1.12. The molecule has 0 saturated heterocycles. The zero-order chi connectivity index (χ0) is 19.6. The van der Waals surface area contributed by atoms with Gasteiger partial charge in [0, 0.05) is 36.9 Å². The van der Waals surface area contributed by atoms with Crippen molar-refractivity contribution < 1.29 is 14.3 Å². The van der Waals surface area contributed by atoms with Gasteiger partial charge in [0.25, 0.3) is 5.91 Å². The summed E-state index contributed by atoms with van der Waals surface area (Å²) in [6.45, 7) is 2.87. The van der Waals surface area contributed by atoms with E-state index in [4.69, 9.17) is 9.47 Å². The van der Waals surface area contributed by atoms with Crippen LogP contribution in [0.1, 0.15) is 28.8 Å². The standard InChI is InChI=1S/C23H25N3O3/c27-23(18-6-8-21-22(11-18)29-15-28-21)25-13-19-7-5-16(12-24-19)14-26-10-9-17-3-1-2-4-20(17)26/h1-4,6,8,11-12,19,24H,5,7,9-10,13-15H2,(H,25,27). The van der Waals surface area contributed by atoms with Crippen LogP contribution < -0.4 is 25.0 Å². The van der Waals surface area contributed by atoms with Gasteiger partial charge >= 0.3 is 0 Å². The van der Waals surface area contributed by atoms with Gasteiger partial charge in [0.1, 0.15) is 0 Å². The molecule has 3 aliphatic rings. The zero-order valence-electron chi connectivity index (χ0n) is 16.3. The van der Waals surface area contributed by atoms with E-state index < -0.39 is 0 Å². The average molecular weight is 391 g/mol. The summed E-state index contributed by atoms with van der Waals surface area (Å²) in [5.74, 6) is 1.23. The van der Waals surface area contributed by atoms with Crippen LogP contribution in [0.25, 0.3) is 0 Å². The maximum absolute atomic E-state index is 12.4. The molecule has 0 bridgehead atoms. The molecule has 6 heteroatoms. The molecule has 0 fully saturated rings. The fraction of sp³-hybridized carbons (Fsp3) is 0.348. The first kappa shape index (κ1) is 17.9. The molecule has 5 rings (SSSR count). The van der Waals surface area contributed by atoms with Gasteiger partial charge in [0.15, 0.2) is 11.5 Å².